The standard InChI is InChI=1S/C13H28N2O2/c1-6-11(4)15(8-3)10-9-12(14-7-2)13(16)17-5/h11-12,14H,6-10H2,1-5H3. The highest BCUT2D eigenvalue weighted by Crippen LogP contribution is 2.06. The number of hydrogen-bond acceptors (Lipinski definition) is 4. The van der Waals surface area contributed by atoms with Crippen molar-refractivity contribution < 1.29 is 9.53 Å². The molecule has 102 valence electrons. The van der Waals surface area contributed by atoms with Crippen LogP contribution in [-0.4, -0.2) is 49.7 Å². The fourth-order valence-corrected chi connectivity index (χ4v) is 1.94. The lowest BCUT2D eigenvalue weighted by Crippen LogP contribution is -2.42. The van der Waals surface area contributed by atoms with Gasteiger partial charge in [-0.1, -0.05) is 20.8 Å². The molecule has 0 saturated carbocycles. The molecule has 17 heavy (non-hydrogen) atoms. The first-order valence-corrected chi connectivity index (χ1v) is 6.65. The summed E-state index contributed by atoms with van der Waals surface area (Å²) in [7, 11) is 1.44. The molecule has 0 amide bonds. The molecule has 0 saturated heterocycles. The Hall–Kier alpha value is -0.610. The molecule has 0 aliphatic heterocycles. The van der Waals surface area contributed by atoms with Gasteiger partial charge in [-0.15, -0.1) is 0 Å². The molecule has 4 nitrogen and oxygen atoms in total. The van der Waals surface area contributed by atoms with E-state index in [-0.39, 0.29) is 12.0 Å². The monoisotopic (exact) mass is 244 g/mol. The number of nitrogens with zero attached hydrogens (tertiary/aromatic N) is 1. The maximum absolute atomic E-state index is 11.5. The van der Waals surface area contributed by atoms with Gasteiger partial charge in [0.25, 0.3) is 0 Å². The first-order valence-electron chi connectivity index (χ1n) is 6.65. The Morgan fingerprint density at radius 1 is 1.35 bits per heavy atom. The highest BCUT2D eigenvalue weighted by molar-refractivity contribution is 5.75. The number of carbonyl (C=O) groups excluding carboxylic acids is 1. The summed E-state index contributed by atoms with van der Waals surface area (Å²) in [6.45, 7) is 11.3. The Bertz CT molecular complexity index is 210. The molecule has 0 aliphatic carbocycles. The maximum Gasteiger partial charge on any atom is 0.322 e. The summed E-state index contributed by atoms with van der Waals surface area (Å²) in [4.78, 5) is 13.9. The molecule has 4 heteroatoms. The molecule has 0 fully saturated rings. The molecule has 0 bridgehead atoms. The van der Waals surface area contributed by atoms with Gasteiger partial charge in [-0.3, -0.25) is 4.79 Å². The van der Waals surface area contributed by atoms with Crippen LogP contribution in [-0.2, 0) is 9.53 Å². The third-order valence-corrected chi connectivity index (χ3v) is 3.26. The predicted molar refractivity (Wildman–Crippen MR) is 71.1 cm³/mol. The van der Waals surface area contributed by atoms with Gasteiger partial charge in [0.2, 0.25) is 0 Å². The number of likely N-dealkylation sites (N-methyl/N-ethyl adjacent to an activating group) is 1. The smallest absolute Gasteiger partial charge is 0.322 e. The van der Waals surface area contributed by atoms with Crippen molar-refractivity contribution in [1.82, 2.24) is 10.2 Å². The predicted octanol–water partition coefficient (Wildman–Crippen LogP) is 1.65. The van der Waals surface area contributed by atoms with Crippen molar-refractivity contribution in [3.63, 3.8) is 0 Å². The van der Waals surface area contributed by atoms with E-state index in [2.05, 4.69) is 31.0 Å². The second-order valence-corrected chi connectivity index (χ2v) is 4.31. The van der Waals surface area contributed by atoms with Crippen LogP contribution in [0.1, 0.15) is 40.5 Å². The minimum atomic E-state index is -0.178. The lowest BCUT2D eigenvalue weighted by atomic mass is 10.1. The Balaban J connectivity index is 4.21. The van der Waals surface area contributed by atoms with Crippen LogP contribution in [0.3, 0.4) is 0 Å². The molecule has 0 aromatic carbocycles. The quantitative estimate of drug-likeness (QED) is 0.626. The van der Waals surface area contributed by atoms with Crippen molar-refractivity contribution in [3.8, 4) is 0 Å². The molecule has 0 aromatic heterocycles. The van der Waals surface area contributed by atoms with E-state index in [0.29, 0.717) is 6.04 Å². The maximum atomic E-state index is 11.5. The SMILES string of the molecule is CCNC(CCN(CC)C(C)CC)C(=O)OC. The summed E-state index contributed by atoms with van der Waals surface area (Å²) in [5.74, 6) is -0.160. The second-order valence-electron chi connectivity index (χ2n) is 4.31. The fraction of sp³-hybridized carbons (Fsp3) is 0.923. The van der Waals surface area contributed by atoms with Crippen molar-refractivity contribution in [2.24, 2.45) is 0 Å². The number of ether oxygens (including phenoxy) is 1. The van der Waals surface area contributed by atoms with Crippen molar-refractivity contribution in [3.05, 3.63) is 0 Å². The lowest BCUT2D eigenvalue weighted by molar-refractivity contribution is -0.143. The highest BCUT2D eigenvalue weighted by Gasteiger charge is 2.19. The fourth-order valence-electron chi connectivity index (χ4n) is 1.94. The molecule has 0 heterocycles. The van der Waals surface area contributed by atoms with E-state index in [1.54, 1.807) is 0 Å². The molecule has 2 unspecified atom stereocenters. The minimum Gasteiger partial charge on any atom is -0.468 e. The van der Waals surface area contributed by atoms with Crippen LogP contribution < -0.4 is 5.32 Å². The molecular formula is C13H28N2O2. The van der Waals surface area contributed by atoms with Crippen LogP contribution >= 0.6 is 0 Å². The van der Waals surface area contributed by atoms with Crippen LogP contribution in [0.4, 0.5) is 0 Å². The molecule has 2 atom stereocenters. The second kappa shape index (κ2) is 9.42. The molecular weight excluding hydrogens is 216 g/mol. The highest BCUT2D eigenvalue weighted by atomic mass is 16.5. The number of rotatable bonds is 9. The topological polar surface area (TPSA) is 41.6 Å². The zero-order valence-corrected chi connectivity index (χ0v) is 12.0. The summed E-state index contributed by atoms with van der Waals surface area (Å²) >= 11 is 0. The van der Waals surface area contributed by atoms with Gasteiger partial charge < -0.3 is 15.0 Å². The number of carbonyl (C=O) groups is 1. The van der Waals surface area contributed by atoms with Crippen molar-refractivity contribution in [2.75, 3.05) is 26.7 Å². The summed E-state index contributed by atoms with van der Waals surface area (Å²) in [5.41, 5.74) is 0. The van der Waals surface area contributed by atoms with Gasteiger partial charge in [0.1, 0.15) is 6.04 Å². The Labute approximate surface area is 106 Å². The first-order chi connectivity index (χ1) is 8.10. The molecule has 0 radical (unpaired) electrons. The van der Waals surface area contributed by atoms with E-state index in [0.717, 1.165) is 32.5 Å². The Kier molecular flexibility index (Phi) is 9.09. The summed E-state index contributed by atoms with van der Waals surface area (Å²) in [6, 6.07) is 0.392. The van der Waals surface area contributed by atoms with Crippen LogP contribution in [0, 0.1) is 0 Å². The molecule has 0 aliphatic rings. The van der Waals surface area contributed by atoms with Crippen molar-refractivity contribution in [1.29, 1.82) is 0 Å². The van der Waals surface area contributed by atoms with Crippen molar-refractivity contribution >= 4 is 5.97 Å². The minimum absolute atomic E-state index is 0.160. The van der Waals surface area contributed by atoms with Crippen molar-refractivity contribution in [2.45, 2.75) is 52.6 Å². The van der Waals surface area contributed by atoms with Crippen LogP contribution in [0.15, 0.2) is 0 Å². The summed E-state index contributed by atoms with van der Waals surface area (Å²) in [6.07, 6.45) is 1.94. The first kappa shape index (κ1) is 16.4. The van der Waals surface area contributed by atoms with Gasteiger partial charge in [-0.25, -0.2) is 0 Å². The van der Waals surface area contributed by atoms with E-state index in [9.17, 15) is 4.79 Å². The van der Waals surface area contributed by atoms with Gasteiger partial charge >= 0.3 is 5.97 Å². The summed E-state index contributed by atoms with van der Waals surface area (Å²) in [5, 5.41) is 3.17. The van der Waals surface area contributed by atoms with E-state index >= 15 is 0 Å². The van der Waals surface area contributed by atoms with E-state index in [4.69, 9.17) is 4.74 Å². The zero-order chi connectivity index (χ0) is 13.3. The van der Waals surface area contributed by atoms with Gasteiger partial charge in [0.15, 0.2) is 0 Å². The normalized spacial score (nSPS) is 14.7. The molecule has 0 rings (SSSR count). The summed E-state index contributed by atoms with van der Waals surface area (Å²) < 4.78 is 4.80. The molecule has 1 N–H and O–H groups in total. The average molecular weight is 244 g/mol. The van der Waals surface area contributed by atoms with Gasteiger partial charge in [0.05, 0.1) is 7.11 Å². The van der Waals surface area contributed by atoms with Crippen LogP contribution in [0.5, 0.6) is 0 Å². The number of hydrogen-bond donors (Lipinski definition) is 1. The largest absolute Gasteiger partial charge is 0.468 e. The molecule has 0 spiro atoms. The number of nitrogens with one attached hydrogen (secondary N) is 1. The Morgan fingerprint density at radius 2 is 2.00 bits per heavy atom. The number of methoxy groups -OCH3 is 1. The van der Waals surface area contributed by atoms with Crippen LogP contribution in [0.2, 0.25) is 0 Å². The molecule has 0 aromatic rings. The van der Waals surface area contributed by atoms with Crippen LogP contribution in [0.25, 0.3) is 0 Å². The van der Waals surface area contributed by atoms with E-state index < -0.39 is 0 Å². The van der Waals surface area contributed by atoms with Gasteiger partial charge in [-0.05, 0) is 32.9 Å². The number of esters is 1. The lowest BCUT2D eigenvalue weighted by Gasteiger charge is -2.28. The van der Waals surface area contributed by atoms with Gasteiger partial charge in [0, 0.05) is 12.6 Å². The van der Waals surface area contributed by atoms with E-state index in [1.165, 1.54) is 7.11 Å². The zero-order valence-electron chi connectivity index (χ0n) is 12.0. The Morgan fingerprint density at radius 3 is 2.41 bits per heavy atom. The van der Waals surface area contributed by atoms with Gasteiger partial charge in [-0.2, -0.15) is 0 Å². The third kappa shape index (κ3) is 6.03. The average Bonchev–Trinajstić information content (AvgIpc) is 2.36. The third-order valence-electron chi connectivity index (χ3n) is 3.26. The van der Waals surface area contributed by atoms with E-state index in [1.807, 2.05) is 6.92 Å².